The molecule has 1 aromatic heterocycles. The molecule has 4 heteroatoms. The second-order valence-electron chi connectivity index (χ2n) is 3.36. The van der Waals surface area contributed by atoms with E-state index in [0.717, 1.165) is 28.1 Å². The highest BCUT2D eigenvalue weighted by atomic mass is 16.1. The molecule has 0 saturated heterocycles. The zero-order chi connectivity index (χ0) is 10.8. The molecule has 1 aromatic carbocycles. The Morgan fingerprint density at radius 3 is 2.47 bits per heavy atom. The number of benzene rings is 1. The molecule has 0 aliphatic carbocycles. The van der Waals surface area contributed by atoms with E-state index in [1.807, 2.05) is 26.0 Å². The second kappa shape index (κ2) is 3.65. The SMILES string of the molecule is Cc1nc2ccc(NC=O)cc2nc1C. The molecule has 0 bridgehead atoms. The first-order valence-corrected chi connectivity index (χ1v) is 4.66. The van der Waals surface area contributed by atoms with Crippen molar-refractivity contribution in [3.63, 3.8) is 0 Å². The quantitative estimate of drug-likeness (QED) is 0.754. The number of carbonyl (C=O) groups excluding carboxylic acids is 1. The summed E-state index contributed by atoms with van der Waals surface area (Å²) in [6.45, 7) is 3.85. The number of aryl methyl sites for hydroxylation is 2. The van der Waals surface area contributed by atoms with Gasteiger partial charge in [0.25, 0.3) is 0 Å². The first kappa shape index (κ1) is 9.58. The van der Waals surface area contributed by atoms with Gasteiger partial charge in [0.2, 0.25) is 6.41 Å². The third-order valence-corrected chi connectivity index (χ3v) is 2.30. The standard InChI is InChI=1S/C11H11N3O/c1-7-8(2)14-11-5-9(12-6-15)3-4-10(11)13-7/h3-6H,1-2H3,(H,12,15). The van der Waals surface area contributed by atoms with Crippen LogP contribution in [-0.4, -0.2) is 16.4 Å². The van der Waals surface area contributed by atoms with E-state index in [9.17, 15) is 4.79 Å². The first-order chi connectivity index (χ1) is 7.20. The van der Waals surface area contributed by atoms with Crippen molar-refractivity contribution >= 4 is 23.1 Å². The molecule has 1 N–H and O–H groups in total. The smallest absolute Gasteiger partial charge is 0.211 e. The molecular weight excluding hydrogens is 190 g/mol. The van der Waals surface area contributed by atoms with Gasteiger partial charge < -0.3 is 5.32 Å². The molecule has 15 heavy (non-hydrogen) atoms. The fraction of sp³-hybridized carbons (Fsp3) is 0.182. The predicted octanol–water partition coefficient (Wildman–Crippen LogP) is 1.81. The lowest BCUT2D eigenvalue weighted by Gasteiger charge is -2.04. The summed E-state index contributed by atoms with van der Waals surface area (Å²) in [6.07, 6.45) is 0.648. The normalized spacial score (nSPS) is 10.3. The average Bonchev–Trinajstić information content (AvgIpc) is 2.21. The molecule has 0 atom stereocenters. The lowest BCUT2D eigenvalue weighted by Crippen LogP contribution is -1.96. The third-order valence-electron chi connectivity index (χ3n) is 2.30. The minimum absolute atomic E-state index is 0.648. The third kappa shape index (κ3) is 1.79. The van der Waals surface area contributed by atoms with Gasteiger partial charge >= 0.3 is 0 Å². The zero-order valence-electron chi connectivity index (χ0n) is 8.61. The molecule has 1 heterocycles. The van der Waals surface area contributed by atoms with Gasteiger partial charge in [-0.2, -0.15) is 0 Å². The number of aromatic nitrogens is 2. The number of fused-ring (bicyclic) bond motifs is 1. The number of hydrogen-bond acceptors (Lipinski definition) is 3. The molecule has 76 valence electrons. The Labute approximate surface area is 87.4 Å². The van der Waals surface area contributed by atoms with E-state index in [4.69, 9.17) is 0 Å². The minimum Gasteiger partial charge on any atom is -0.329 e. The maximum Gasteiger partial charge on any atom is 0.211 e. The van der Waals surface area contributed by atoms with Crippen molar-refractivity contribution < 1.29 is 4.79 Å². The van der Waals surface area contributed by atoms with Crippen molar-refractivity contribution in [1.82, 2.24) is 9.97 Å². The molecule has 2 rings (SSSR count). The van der Waals surface area contributed by atoms with Gasteiger partial charge in [-0.1, -0.05) is 0 Å². The maximum atomic E-state index is 10.3. The fourth-order valence-corrected chi connectivity index (χ4v) is 1.39. The number of nitrogens with one attached hydrogen (secondary N) is 1. The second-order valence-corrected chi connectivity index (χ2v) is 3.36. The van der Waals surface area contributed by atoms with Crippen molar-refractivity contribution in [1.29, 1.82) is 0 Å². The van der Waals surface area contributed by atoms with Gasteiger partial charge in [-0.15, -0.1) is 0 Å². The van der Waals surface area contributed by atoms with E-state index in [-0.39, 0.29) is 0 Å². The van der Waals surface area contributed by atoms with Crippen LogP contribution in [0.15, 0.2) is 18.2 Å². The zero-order valence-corrected chi connectivity index (χ0v) is 8.61. The van der Waals surface area contributed by atoms with Gasteiger partial charge in [0.1, 0.15) is 0 Å². The van der Waals surface area contributed by atoms with Crippen LogP contribution in [0.5, 0.6) is 0 Å². The Morgan fingerprint density at radius 2 is 1.80 bits per heavy atom. The number of carbonyl (C=O) groups is 1. The summed E-state index contributed by atoms with van der Waals surface area (Å²) < 4.78 is 0. The van der Waals surface area contributed by atoms with Crippen molar-refractivity contribution in [3.8, 4) is 0 Å². The molecule has 0 aliphatic heterocycles. The van der Waals surface area contributed by atoms with Crippen molar-refractivity contribution in [2.24, 2.45) is 0 Å². The highest BCUT2D eigenvalue weighted by molar-refractivity contribution is 5.82. The van der Waals surface area contributed by atoms with Gasteiger partial charge in [-0.3, -0.25) is 4.79 Å². The van der Waals surface area contributed by atoms with Crippen LogP contribution in [-0.2, 0) is 4.79 Å². The minimum atomic E-state index is 0.648. The summed E-state index contributed by atoms with van der Waals surface area (Å²) in [4.78, 5) is 19.1. The monoisotopic (exact) mass is 201 g/mol. The Kier molecular flexibility index (Phi) is 2.33. The summed E-state index contributed by atoms with van der Waals surface area (Å²) in [7, 11) is 0. The molecule has 0 unspecified atom stereocenters. The van der Waals surface area contributed by atoms with E-state index in [2.05, 4.69) is 15.3 Å². The maximum absolute atomic E-state index is 10.3. The molecule has 2 aromatic rings. The molecular formula is C11H11N3O. The van der Waals surface area contributed by atoms with E-state index in [1.165, 1.54) is 0 Å². The molecule has 0 aliphatic rings. The molecule has 0 fully saturated rings. The van der Waals surface area contributed by atoms with Gasteiger partial charge in [-0.25, -0.2) is 9.97 Å². The predicted molar refractivity (Wildman–Crippen MR) is 58.7 cm³/mol. The number of rotatable bonds is 2. The summed E-state index contributed by atoms with van der Waals surface area (Å²) in [5.74, 6) is 0. The van der Waals surface area contributed by atoms with Crippen molar-refractivity contribution in [2.45, 2.75) is 13.8 Å². The number of anilines is 1. The fourth-order valence-electron chi connectivity index (χ4n) is 1.39. The van der Waals surface area contributed by atoms with Crippen LogP contribution in [0.2, 0.25) is 0 Å². The van der Waals surface area contributed by atoms with Crippen LogP contribution in [0.1, 0.15) is 11.4 Å². The van der Waals surface area contributed by atoms with Gasteiger partial charge in [0.15, 0.2) is 0 Å². The molecule has 0 radical (unpaired) electrons. The van der Waals surface area contributed by atoms with E-state index >= 15 is 0 Å². The Hall–Kier alpha value is -1.97. The van der Waals surface area contributed by atoms with Crippen LogP contribution in [0.25, 0.3) is 11.0 Å². The topological polar surface area (TPSA) is 54.9 Å². The average molecular weight is 201 g/mol. The van der Waals surface area contributed by atoms with Gasteiger partial charge in [0.05, 0.1) is 22.4 Å². The van der Waals surface area contributed by atoms with Gasteiger partial charge in [-0.05, 0) is 32.0 Å². The highest BCUT2D eigenvalue weighted by Crippen LogP contribution is 2.16. The molecule has 1 amide bonds. The lowest BCUT2D eigenvalue weighted by molar-refractivity contribution is -0.105. The summed E-state index contributed by atoms with van der Waals surface area (Å²) in [6, 6.07) is 5.46. The van der Waals surface area contributed by atoms with E-state index in [0.29, 0.717) is 6.41 Å². The highest BCUT2D eigenvalue weighted by Gasteiger charge is 2.01. The van der Waals surface area contributed by atoms with E-state index < -0.39 is 0 Å². The van der Waals surface area contributed by atoms with Crippen molar-refractivity contribution in [2.75, 3.05) is 5.32 Å². The summed E-state index contributed by atoms with van der Waals surface area (Å²) in [5, 5.41) is 2.59. The Morgan fingerprint density at radius 1 is 1.13 bits per heavy atom. The Bertz CT molecular complexity index is 522. The number of nitrogens with zero attached hydrogens (tertiary/aromatic N) is 2. The van der Waals surface area contributed by atoms with Crippen LogP contribution >= 0.6 is 0 Å². The Balaban J connectivity index is 2.61. The van der Waals surface area contributed by atoms with Crippen LogP contribution in [0.4, 0.5) is 5.69 Å². The van der Waals surface area contributed by atoms with Gasteiger partial charge in [0, 0.05) is 5.69 Å². The number of hydrogen-bond donors (Lipinski definition) is 1. The molecule has 0 spiro atoms. The molecule has 4 nitrogen and oxygen atoms in total. The summed E-state index contributed by atoms with van der Waals surface area (Å²) in [5.41, 5.74) is 4.21. The summed E-state index contributed by atoms with van der Waals surface area (Å²) >= 11 is 0. The van der Waals surface area contributed by atoms with Crippen LogP contribution in [0.3, 0.4) is 0 Å². The largest absolute Gasteiger partial charge is 0.329 e. The number of amides is 1. The van der Waals surface area contributed by atoms with Crippen LogP contribution in [0, 0.1) is 13.8 Å². The molecule has 0 saturated carbocycles. The van der Waals surface area contributed by atoms with Crippen LogP contribution < -0.4 is 5.32 Å². The van der Waals surface area contributed by atoms with Crippen molar-refractivity contribution in [3.05, 3.63) is 29.6 Å². The van der Waals surface area contributed by atoms with E-state index in [1.54, 1.807) is 6.07 Å². The lowest BCUT2D eigenvalue weighted by atomic mass is 10.2. The first-order valence-electron chi connectivity index (χ1n) is 4.66.